The van der Waals surface area contributed by atoms with Crippen LogP contribution in [0.2, 0.25) is 0 Å². The largest absolute Gasteiger partial charge is 0.309 e. The smallest absolute Gasteiger partial charge is 0.0622 e. The van der Waals surface area contributed by atoms with Crippen LogP contribution in [0, 0.1) is 0 Å². The molecule has 0 spiro atoms. The molecule has 14 rings (SSSR count). The van der Waals surface area contributed by atoms with Gasteiger partial charge >= 0.3 is 0 Å². The summed E-state index contributed by atoms with van der Waals surface area (Å²) < 4.78 is 10.0. The molecule has 3 nitrogen and oxygen atoms in total. The quantitative estimate of drug-likeness (QED) is 0.171. The van der Waals surface area contributed by atoms with Crippen molar-refractivity contribution in [2.24, 2.45) is 0 Å². The van der Waals surface area contributed by atoms with Crippen LogP contribution < -0.4 is 0 Å². The monoisotopic (exact) mass is 753 g/mol. The molecule has 0 N–H and O–H groups in total. The third-order valence-corrected chi connectivity index (χ3v) is 13.9. The molecule has 0 fully saturated rings. The summed E-state index contributed by atoms with van der Waals surface area (Å²) in [5.74, 6) is 0. The Kier molecular flexibility index (Phi) is 5.91. The van der Waals surface area contributed by atoms with Crippen LogP contribution in [-0.2, 0) is 0 Å². The average Bonchev–Trinajstić information content (AvgIpc) is 4.08. The standard InChI is InChI=1S/C54H31N3S/c1-6-16-46-36(11-1)41-27-32(21-24-50(41)55(46)34-23-26-53-43(29-34)40-15-5-10-20-52(40)58-53)33-22-25-51-42(28-33)37-12-2-7-17-47(37)56(51)35-30-44-38-13-3-8-18-48(38)57-49-19-9-4-14-39(49)45(31-35)54(44)57/h1-31H. The normalized spacial score (nSPS) is 12.5. The first-order valence-electron chi connectivity index (χ1n) is 19.9. The number of hydrogen-bond donors (Lipinski definition) is 0. The van der Waals surface area contributed by atoms with Crippen LogP contribution in [-0.4, -0.2) is 13.5 Å². The van der Waals surface area contributed by atoms with Crippen molar-refractivity contribution in [1.29, 1.82) is 0 Å². The lowest BCUT2D eigenvalue weighted by molar-refractivity contribution is 1.19. The Labute approximate surface area is 335 Å². The van der Waals surface area contributed by atoms with E-state index in [0.717, 1.165) is 0 Å². The molecular formula is C54H31N3S. The summed E-state index contributed by atoms with van der Waals surface area (Å²) in [7, 11) is 0. The molecule has 268 valence electrons. The second-order valence-electron chi connectivity index (χ2n) is 15.7. The fraction of sp³-hybridized carbons (Fsp3) is 0. The maximum absolute atomic E-state index is 2.47. The first kappa shape index (κ1) is 30.8. The summed E-state index contributed by atoms with van der Waals surface area (Å²) in [5, 5.41) is 12.8. The van der Waals surface area contributed by atoms with Gasteiger partial charge in [-0.15, -0.1) is 11.3 Å². The van der Waals surface area contributed by atoms with E-state index in [1.807, 2.05) is 11.3 Å². The minimum atomic E-state index is 1.18. The van der Waals surface area contributed by atoms with E-state index in [0.29, 0.717) is 0 Å². The van der Waals surface area contributed by atoms with Crippen LogP contribution in [0.4, 0.5) is 0 Å². The third-order valence-electron chi connectivity index (χ3n) is 12.7. The second kappa shape index (κ2) is 11.1. The first-order chi connectivity index (χ1) is 28.8. The van der Waals surface area contributed by atoms with Crippen LogP contribution in [0.5, 0.6) is 0 Å². The summed E-state index contributed by atoms with van der Waals surface area (Å²) >= 11 is 1.87. The van der Waals surface area contributed by atoms with Crippen molar-refractivity contribution in [2.75, 3.05) is 0 Å². The fourth-order valence-corrected chi connectivity index (χ4v) is 11.4. The molecule has 0 saturated heterocycles. The van der Waals surface area contributed by atoms with E-state index < -0.39 is 0 Å². The van der Waals surface area contributed by atoms with Gasteiger partial charge < -0.3 is 13.5 Å². The maximum atomic E-state index is 2.47. The van der Waals surface area contributed by atoms with Gasteiger partial charge in [-0.05, 0) is 96.1 Å². The van der Waals surface area contributed by atoms with Crippen LogP contribution in [0.3, 0.4) is 0 Å². The molecule has 14 aromatic rings. The van der Waals surface area contributed by atoms with Crippen LogP contribution in [0.1, 0.15) is 0 Å². The highest BCUT2D eigenvalue weighted by molar-refractivity contribution is 7.25. The van der Waals surface area contributed by atoms with Gasteiger partial charge in [-0.25, -0.2) is 0 Å². The molecule has 5 aromatic heterocycles. The number of fused-ring (bicyclic) bond motifs is 15. The number of nitrogens with zero attached hydrogens (tertiary/aromatic N) is 3. The lowest BCUT2D eigenvalue weighted by Crippen LogP contribution is -1.94. The predicted octanol–water partition coefficient (Wildman–Crippen LogP) is 15.1. The van der Waals surface area contributed by atoms with Crippen molar-refractivity contribution in [3.05, 3.63) is 188 Å². The number of thiophene rings is 1. The minimum Gasteiger partial charge on any atom is -0.309 e. The summed E-state index contributed by atoms with van der Waals surface area (Å²) in [5.41, 5.74) is 13.5. The van der Waals surface area contributed by atoms with Gasteiger partial charge in [0.05, 0.1) is 38.6 Å². The Morgan fingerprint density at radius 2 is 0.707 bits per heavy atom. The number of para-hydroxylation sites is 4. The Hall–Kier alpha value is -7.40. The van der Waals surface area contributed by atoms with Gasteiger partial charge in [0.1, 0.15) is 0 Å². The predicted molar refractivity (Wildman–Crippen MR) is 248 cm³/mol. The zero-order chi connectivity index (χ0) is 37.6. The number of aromatic nitrogens is 3. The van der Waals surface area contributed by atoms with Gasteiger partial charge in [-0.3, -0.25) is 0 Å². The van der Waals surface area contributed by atoms with Crippen molar-refractivity contribution in [3.63, 3.8) is 0 Å². The highest BCUT2D eigenvalue weighted by Crippen LogP contribution is 2.44. The molecule has 0 saturated carbocycles. The van der Waals surface area contributed by atoms with Gasteiger partial charge in [-0.1, -0.05) is 103 Å². The Balaban J connectivity index is 0.968. The molecule has 4 heteroatoms. The molecule has 0 bridgehead atoms. The van der Waals surface area contributed by atoms with Crippen molar-refractivity contribution >= 4 is 113 Å². The van der Waals surface area contributed by atoms with Gasteiger partial charge in [-0.2, -0.15) is 0 Å². The molecule has 0 aliphatic carbocycles. The van der Waals surface area contributed by atoms with Crippen molar-refractivity contribution in [2.45, 2.75) is 0 Å². The molecule has 0 amide bonds. The molecule has 0 radical (unpaired) electrons. The van der Waals surface area contributed by atoms with Crippen LogP contribution in [0.15, 0.2) is 188 Å². The van der Waals surface area contributed by atoms with E-state index in [1.165, 1.54) is 124 Å². The van der Waals surface area contributed by atoms with E-state index >= 15 is 0 Å². The molecule has 9 aromatic carbocycles. The van der Waals surface area contributed by atoms with Gasteiger partial charge in [0.2, 0.25) is 0 Å². The molecule has 0 aliphatic heterocycles. The molecule has 0 aliphatic rings. The highest BCUT2D eigenvalue weighted by atomic mass is 32.1. The van der Waals surface area contributed by atoms with Crippen molar-refractivity contribution < 1.29 is 0 Å². The second-order valence-corrected chi connectivity index (χ2v) is 16.8. The summed E-state index contributed by atoms with van der Waals surface area (Å²) in [6.45, 7) is 0. The van der Waals surface area contributed by atoms with E-state index in [9.17, 15) is 0 Å². The number of hydrogen-bond acceptors (Lipinski definition) is 1. The van der Waals surface area contributed by atoms with E-state index in [2.05, 4.69) is 202 Å². The maximum Gasteiger partial charge on any atom is 0.0622 e. The Morgan fingerprint density at radius 1 is 0.276 bits per heavy atom. The first-order valence-corrected chi connectivity index (χ1v) is 20.7. The summed E-state index contributed by atoms with van der Waals surface area (Å²) in [6.07, 6.45) is 0. The zero-order valence-corrected chi connectivity index (χ0v) is 32.0. The Bertz CT molecular complexity index is 3960. The van der Waals surface area contributed by atoms with Gasteiger partial charge in [0.25, 0.3) is 0 Å². The average molecular weight is 754 g/mol. The molecular weight excluding hydrogens is 723 g/mol. The van der Waals surface area contributed by atoms with E-state index in [4.69, 9.17) is 0 Å². The molecule has 0 atom stereocenters. The molecule has 5 heterocycles. The minimum absolute atomic E-state index is 1.18. The van der Waals surface area contributed by atoms with E-state index in [1.54, 1.807) is 0 Å². The highest BCUT2D eigenvalue weighted by Gasteiger charge is 2.21. The SMILES string of the molecule is c1ccc2c(c1)sc1ccc(-n3c4ccccc4c4cc(-c5ccc6c(c5)c5ccccc5n6-c5cc6c7ccccc7n7c8ccccc8c(c5)c67)ccc43)cc12. The topological polar surface area (TPSA) is 14.3 Å². The summed E-state index contributed by atoms with van der Waals surface area (Å²) in [4.78, 5) is 0. The lowest BCUT2D eigenvalue weighted by Gasteiger charge is -2.10. The van der Waals surface area contributed by atoms with Gasteiger partial charge in [0.15, 0.2) is 0 Å². The van der Waals surface area contributed by atoms with Crippen molar-refractivity contribution in [1.82, 2.24) is 13.5 Å². The summed E-state index contributed by atoms with van der Waals surface area (Å²) in [6, 6.07) is 70.0. The lowest BCUT2D eigenvalue weighted by atomic mass is 10.0. The number of benzene rings is 9. The van der Waals surface area contributed by atoms with E-state index in [-0.39, 0.29) is 0 Å². The fourth-order valence-electron chi connectivity index (χ4n) is 10.3. The molecule has 58 heavy (non-hydrogen) atoms. The van der Waals surface area contributed by atoms with Crippen molar-refractivity contribution in [3.8, 4) is 22.5 Å². The van der Waals surface area contributed by atoms with Crippen LogP contribution >= 0.6 is 11.3 Å². The third kappa shape index (κ3) is 3.97. The number of rotatable bonds is 3. The zero-order valence-electron chi connectivity index (χ0n) is 31.1. The van der Waals surface area contributed by atoms with Gasteiger partial charge in [0, 0.05) is 74.6 Å². The Morgan fingerprint density at radius 3 is 1.29 bits per heavy atom. The van der Waals surface area contributed by atoms with Crippen LogP contribution in [0.25, 0.3) is 124 Å². The molecule has 0 unspecified atom stereocenters.